The topological polar surface area (TPSA) is 68.5 Å². The number of hydrogen-bond acceptors (Lipinski definition) is 7. The highest BCUT2D eigenvalue weighted by Gasteiger charge is 2.28. The van der Waals surface area contributed by atoms with Gasteiger partial charge < -0.3 is 14.1 Å². The number of thiazole rings is 1. The second kappa shape index (κ2) is 7.81. The minimum atomic E-state index is -0.477. The van der Waals surface area contributed by atoms with E-state index in [4.69, 9.17) is 14.1 Å². The van der Waals surface area contributed by atoms with Crippen molar-refractivity contribution < 1.29 is 18.3 Å². The summed E-state index contributed by atoms with van der Waals surface area (Å²) in [6, 6.07) is 5.47. The van der Waals surface area contributed by atoms with Crippen molar-refractivity contribution in [1.82, 2.24) is 14.9 Å². The van der Waals surface area contributed by atoms with Gasteiger partial charge in [0.15, 0.2) is 17.3 Å². The molecule has 0 saturated carbocycles. The normalized spacial score (nSPS) is 15.7. The molecule has 1 aromatic carbocycles. The third-order valence-electron chi connectivity index (χ3n) is 5.46. The van der Waals surface area contributed by atoms with Crippen molar-refractivity contribution in [2.75, 3.05) is 13.1 Å². The first-order chi connectivity index (χ1) is 15.2. The molecule has 3 aromatic heterocycles. The second-order valence-corrected chi connectivity index (χ2v) is 11.2. The lowest BCUT2D eigenvalue weighted by atomic mass is 9.95. The highest BCUT2D eigenvalue weighted by molar-refractivity contribution is 7.28. The molecular formula is C23H24FN3O3S2. The largest absolute Gasteiger partial charge is 0.444 e. The third kappa shape index (κ3) is 4.11. The number of ether oxygens (including phenoxy) is 1. The van der Waals surface area contributed by atoms with Crippen LogP contribution in [0.15, 0.2) is 22.6 Å². The van der Waals surface area contributed by atoms with Gasteiger partial charge in [0.2, 0.25) is 0 Å². The van der Waals surface area contributed by atoms with Gasteiger partial charge >= 0.3 is 6.09 Å². The van der Waals surface area contributed by atoms with E-state index >= 15 is 0 Å². The molecule has 9 heteroatoms. The zero-order valence-corrected chi connectivity index (χ0v) is 20.0. The molecule has 1 fully saturated rings. The van der Waals surface area contributed by atoms with Crippen LogP contribution < -0.4 is 0 Å². The monoisotopic (exact) mass is 473 g/mol. The van der Waals surface area contributed by atoms with Crippen LogP contribution in [-0.4, -0.2) is 39.7 Å². The van der Waals surface area contributed by atoms with Crippen molar-refractivity contribution in [3.8, 4) is 10.6 Å². The lowest BCUT2D eigenvalue weighted by molar-refractivity contribution is 0.0205. The minimum absolute atomic E-state index is 0.236. The molecule has 6 nitrogen and oxygen atoms in total. The van der Waals surface area contributed by atoms with E-state index in [9.17, 15) is 9.18 Å². The number of carbonyl (C=O) groups excluding carboxylic acids is 1. The fourth-order valence-corrected chi connectivity index (χ4v) is 6.35. The number of nitrogens with zero attached hydrogens (tertiary/aromatic N) is 3. The van der Waals surface area contributed by atoms with Crippen LogP contribution in [0.4, 0.5) is 9.18 Å². The molecule has 1 amide bonds. The highest BCUT2D eigenvalue weighted by Crippen LogP contribution is 2.41. The Morgan fingerprint density at radius 1 is 1.19 bits per heavy atom. The lowest BCUT2D eigenvalue weighted by Gasteiger charge is -2.33. The highest BCUT2D eigenvalue weighted by atomic mass is 32.1. The molecule has 168 valence electrons. The van der Waals surface area contributed by atoms with Gasteiger partial charge in [-0.05, 0) is 57.7 Å². The number of halogens is 1. The number of oxazole rings is 1. The number of amides is 1. The van der Waals surface area contributed by atoms with Crippen LogP contribution in [0.1, 0.15) is 50.3 Å². The Balaban J connectivity index is 1.31. The molecule has 0 atom stereocenters. The van der Waals surface area contributed by atoms with Crippen LogP contribution in [-0.2, 0) is 4.74 Å². The van der Waals surface area contributed by atoms with Gasteiger partial charge in [-0.15, -0.1) is 22.7 Å². The first-order valence-corrected chi connectivity index (χ1v) is 12.2. The minimum Gasteiger partial charge on any atom is -0.444 e. The van der Waals surface area contributed by atoms with Crippen molar-refractivity contribution in [2.24, 2.45) is 0 Å². The van der Waals surface area contributed by atoms with Crippen LogP contribution >= 0.6 is 22.7 Å². The molecule has 4 aromatic rings. The quantitative estimate of drug-likeness (QED) is 0.323. The van der Waals surface area contributed by atoms with E-state index in [1.165, 1.54) is 10.9 Å². The zero-order chi connectivity index (χ0) is 22.6. The molecule has 0 radical (unpaired) electrons. The maximum atomic E-state index is 14.4. The van der Waals surface area contributed by atoms with E-state index in [0.29, 0.717) is 36.0 Å². The van der Waals surface area contributed by atoms with Crippen LogP contribution in [0, 0.1) is 12.7 Å². The Morgan fingerprint density at radius 3 is 2.62 bits per heavy atom. The summed E-state index contributed by atoms with van der Waals surface area (Å²) in [6.45, 7) is 8.75. The first-order valence-electron chi connectivity index (χ1n) is 10.6. The van der Waals surface area contributed by atoms with Gasteiger partial charge in [0.05, 0.1) is 4.70 Å². The van der Waals surface area contributed by atoms with Gasteiger partial charge in [-0.3, -0.25) is 0 Å². The van der Waals surface area contributed by atoms with Gasteiger partial charge in [-0.2, -0.15) is 0 Å². The molecule has 0 unspecified atom stereocenters. The summed E-state index contributed by atoms with van der Waals surface area (Å²) < 4.78 is 26.5. The molecule has 5 rings (SSSR count). The Kier molecular flexibility index (Phi) is 5.21. The van der Waals surface area contributed by atoms with Gasteiger partial charge in [-0.25, -0.2) is 19.2 Å². The molecule has 1 aliphatic heterocycles. The van der Waals surface area contributed by atoms with E-state index in [2.05, 4.69) is 11.1 Å². The number of thiophene rings is 1. The van der Waals surface area contributed by atoms with Crippen LogP contribution in [0.3, 0.4) is 0 Å². The number of carbonyl (C=O) groups is 1. The summed E-state index contributed by atoms with van der Waals surface area (Å²) in [5.41, 5.74) is 0.916. The number of fused-ring (bicyclic) bond motifs is 2. The van der Waals surface area contributed by atoms with Gasteiger partial charge in [0.1, 0.15) is 21.0 Å². The molecule has 32 heavy (non-hydrogen) atoms. The van der Waals surface area contributed by atoms with E-state index in [0.717, 1.165) is 27.4 Å². The van der Waals surface area contributed by atoms with E-state index < -0.39 is 11.4 Å². The van der Waals surface area contributed by atoms with Crippen LogP contribution in [0.5, 0.6) is 0 Å². The molecule has 0 spiro atoms. The number of aryl methyl sites for hydroxylation is 1. The van der Waals surface area contributed by atoms with Gasteiger partial charge in [0, 0.05) is 30.5 Å². The number of likely N-dealkylation sites (tertiary alicyclic amines) is 1. The smallest absolute Gasteiger partial charge is 0.410 e. The van der Waals surface area contributed by atoms with E-state index in [1.807, 2.05) is 20.8 Å². The van der Waals surface area contributed by atoms with Crippen molar-refractivity contribution >= 4 is 49.4 Å². The molecular weight excluding hydrogens is 449 g/mol. The third-order valence-corrected chi connectivity index (χ3v) is 7.83. The van der Waals surface area contributed by atoms with Crippen molar-refractivity contribution in [3.05, 3.63) is 34.8 Å². The standard InChI is InChI=1S/C23H24FN3O3S2/c1-12-25-19-15(24)9-14(10-16(19)29-12)20-26-21-18(32-20)11-17(31-21)13-5-7-27(8-6-13)22(28)30-23(2,3)4/h9-11,13H,5-8H2,1-4H3. The van der Waals surface area contributed by atoms with E-state index in [-0.39, 0.29) is 11.6 Å². The van der Waals surface area contributed by atoms with Crippen molar-refractivity contribution in [3.63, 3.8) is 0 Å². The Morgan fingerprint density at radius 2 is 1.94 bits per heavy atom. The fourth-order valence-electron chi connectivity index (χ4n) is 3.97. The predicted octanol–water partition coefficient (Wildman–Crippen LogP) is 6.73. The summed E-state index contributed by atoms with van der Waals surface area (Å²) in [5, 5.41) is 0.771. The number of aromatic nitrogens is 2. The van der Waals surface area contributed by atoms with Crippen molar-refractivity contribution in [2.45, 2.75) is 52.1 Å². The number of rotatable bonds is 2. The number of benzene rings is 1. The summed E-state index contributed by atoms with van der Waals surface area (Å²) in [5.74, 6) is 0.457. The SMILES string of the molecule is Cc1nc2c(F)cc(-c3nc4sc(C5CCN(C(=O)OC(C)(C)C)CC5)cc4s3)cc2o1. The Labute approximate surface area is 193 Å². The van der Waals surface area contributed by atoms with Gasteiger partial charge in [0.25, 0.3) is 0 Å². The van der Waals surface area contributed by atoms with Crippen LogP contribution in [0.2, 0.25) is 0 Å². The first kappa shape index (κ1) is 21.3. The summed E-state index contributed by atoms with van der Waals surface area (Å²) in [7, 11) is 0. The summed E-state index contributed by atoms with van der Waals surface area (Å²) in [4.78, 5) is 25.2. The average Bonchev–Trinajstić information content (AvgIpc) is 3.39. The molecule has 0 N–H and O–H groups in total. The molecule has 0 bridgehead atoms. The lowest BCUT2D eigenvalue weighted by Crippen LogP contribution is -2.41. The second-order valence-electron chi connectivity index (χ2n) is 9.12. The maximum Gasteiger partial charge on any atom is 0.410 e. The molecule has 1 aliphatic rings. The van der Waals surface area contributed by atoms with E-state index in [1.54, 1.807) is 40.6 Å². The Bertz CT molecular complexity index is 1280. The zero-order valence-electron chi connectivity index (χ0n) is 18.4. The van der Waals surface area contributed by atoms with Crippen molar-refractivity contribution in [1.29, 1.82) is 0 Å². The molecule has 1 saturated heterocycles. The summed E-state index contributed by atoms with van der Waals surface area (Å²) in [6.07, 6.45) is 1.58. The number of piperidine rings is 1. The number of hydrogen-bond donors (Lipinski definition) is 0. The molecule has 0 aliphatic carbocycles. The average molecular weight is 474 g/mol. The predicted molar refractivity (Wildman–Crippen MR) is 125 cm³/mol. The van der Waals surface area contributed by atoms with Crippen LogP contribution in [0.25, 0.3) is 31.2 Å². The maximum absolute atomic E-state index is 14.4. The molecule has 4 heterocycles. The summed E-state index contributed by atoms with van der Waals surface area (Å²) >= 11 is 3.24. The van der Waals surface area contributed by atoms with Gasteiger partial charge in [-0.1, -0.05) is 0 Å². The fraction of sp³-hybridized carbons (Fsp3) is 0.435. The Hall–Kier alpha value is -2.52.